The van der Waals surface area contributed by atoms with E-state index >= 15 is 0 Å². The molecular formula is C17H19N5O3. The summed E-state index contributed by atoms with van der Waals surface area (Å²) < 4.78 is 10.1. The lowest BCUT2D eigenvalue weighted by atomic mass is 10.2. The minimum Gasteiger partial charge on any atom is -0.507 e. The first kappa shape index (κ1) is 16.8. The number of nitrogens with one attached hydrogen (secondary N) is 1. The van der Waals surface area contributed by atoms with Crippen molar-refractivity contribution in [1.29, 1.82) is 0 Å². The Morgan fingerprint density at radius 1 is 1.20 bits per heavy atom. The maximum Gasteiger partial charge on any atom is 0.228 e. The number of para-hydroxylation sites is 1. The van der Waals surface area contributed by atoms with Gasteiger partial charge in [0.15, 0.2) is 11.6 Å². The molecule has 0 unspecified atom stereocenters. The molecule has 0 aliphatic heterocycles. The summed E-state index contributed by atoms with van der Waals surface area (Å²) in [5.74, 6) is 2.35. The number of benzene rings is 1. The molecule has 0 aliphatic carbocycles. The third kappa shape index (κ3) is 4.30. The van der Waals surface area contributed by atoms with E-state index in [-0.39, 0.29) is 5.75 Å². The summed E-state index contributed by atoms with van der Waals surface area (Å²) >= 11 is 0. The van der Waals surface area contributed by atoms with E-state index in [9.17, 15) is 5.11 Å². The quantitative estimate of drug-likeness (QED) is 0.674. The molecule has 2 aromatic heterocycles. The lowest BCUT2D eigenvalue weighted by molar-refractivity contribution is 0.174. The van der Waals surface area contributed by atoms with Gasteiger partial charge in [-0.05, 0) is 19.1 Å². The van der Waals surface area contributed by atoms with Gasteiger partial charge in [-0.1, -0.05) is 17.3 Å². The number of phenolic OH excluding ortho intramolecular Hbond substituents is 1. The van der Waals surface area contributed by atoms with Gasteiger partial charge in [0.25, 0.3) is 0 Å². The molecule has 2 N–H and O–H groups in total. The molecule has 3 aromatic rings. The molecule has 3 rings (SSSR count). The summed E-state index contributed by atoms with van der Waals surface area (Å²) in [7, 11) is 1.58. The van der Waals surface area contributed by atoms with Crippen molar-refractivity contribution in [3.8, 4) is 17.1 Å². The fourth-order valence-corrected chi connectivity index (χ4v) is 2.32. The van der Waals surface area contributed by atoms with E-state index < -0.39 is 0 Å². The van der Waals surface area contributed by atoms with E-state index in [1.165, 1.54) is 0 Å². The zero-order chi connectivity index (χ0) is 17.6. The first-order chi connectivity index (χ1) is 12.2. The molecule has 2 heterocycles. The monoisotopic (exact) mass is 341 g/mol. The highest BCUT2D eigenvalue weighted by Crippen LogP contribution is 2.26. The number of rotatable bonds is 7. The zero-order valence-electron chi connectivity index (χ0n) is 14.1. The predicted octanol–water partition coefficient (Wildman–Crippen LogP) is 2.34. The van der Waals surface area contributed by atoms with Crippen LogP contribution in [0.15, 0.2) is 34.9 Å². The Balaban J connectivity index is 1.67. The van der Waals surface area contributed by atoms with E-state index in [1.54, 1.807) is 25.3 Å². The van der Waals surface area contributed by atoms with Crippen molar-refractivity contribution in [2.75, 3.05) is 19.0 Å². The molecule has 0 fully saturated rings. The highest BCUT2D eigenvalue weighted by Gasteiger charge is 2.10. The molecule has 25 heavy (non-hydrogen) atoms. The summed E-state index contributed by atoms with van der Waals surface area (Å²) in [4.78, 5) is 13.1. The fourth-order valence-electron chi connectivity index (χ4n) is 2.32. The van der Waals surface area contributed by atoms with Crippen molar-refractivity contribution in [3.63, 3.8) is 0 Å². The lowest BCUT2D eigenvalue weighted by Crippen LogP contribution is -2.08. The van der Waals surface area contributed by atoms with Gasteiger partial charge in [0.1, 0.15) is 18.2 Å². The van der Waals surface area contributed by atoms with Crippen molar-refractivity contribution in [2.45, 2.75) is 20.0 Å². The smallest absolute Gasteiger partial charge is 0.228 e. The van der Waals surface area contributed by atoms with E-state index in [4.69, 9.17) is 9.26 Å². The molecule has 0 bridgehead atoms. The van der Waals surface area contributed by atoms with Crippen LogP contribution in [-0.2, 0) is 17.8 Å². The van der Waals surface area contributed by atoms with Crippen molar-refractivity contribution >= 4 is 5.82 Å². The van der Waals surface area contributed by atoms with E-state index in [0.29, 0.717) is 48.5 Å². The minimum atomic E-state index is 0.149. The average molecular weight is 341 g/mol. The number of phenols is 1. The highest BCUT2D eigenvalue weighted by molar-refractivity contribution is 5.64. The summed E-state index contributed by atoms with van der Waals surface area (Å²) in [6.07, 6.45) is 0.561. The molecule has 0 amide bonds. The van der Waals surface area contributed by atoms with Crippen LogP contribution in [0.4, 0.5) is 5.82 Å². The van der Waals surface area contributed by atoms with Crippen molar-refractivity contribution < 1.29 is 14.4 Å². The SMILES string of the molecule is COCc1noc(CCNc2cc(C)nc(-c3ccccc3O)n2)n1. The standard InChI is InChI=1S/C17H19N5O3/c1-11-9-14(18-8-7-16-20-15(10-24-2)22-25-16)21-17(19-11)12-5-3-4-6-13(12)23/h3-6,9,23H,7-8,10H2,1-2H3,(H,18,19,21). The number of hydrogen-bond acceptors (Lipinski definition) is 8. The number of aryl methyl sites for hydroxylation is 1. The van der Waals surface area contributed by atoms with Gasteiger partial charge in [-0.3, -0.25) is 0 Å². The van der Waals surface area contributed by atoms with Crippen LogP contribution >= 0.6 is 0 Å². The van der Waals surface area contributed by atoms with Crippen LogP contribution in [0.3, 0.4) is 0 Å². The summed E-state index contributed by atoms with van der Waals surface area (Å²) in [6.45, 7) is 2.78. The largest absolute Gasteiger partial charge is 0.507 e. The minimum absolute atomic E-state index is 0.149. The Morgan fingerprint density at radius 3 is 2.84 bits per heavy atom. The lowest BCUT2D eigenvalue weighted by Gasteiger charge is -2.08. The van der Waals surface area contributed by atoms with E-state index in [0.717, 1.165) is 5.69 Å². The van der Waals surface area contributed by atoms with Gasteiger partial charge in [-0.25, -0.2) is 9.97 Å². The highest BCUT2D eigenvalue weighted by atomic mass is 16.5. The van der Waals surface area contributed by atoms with Crippen LogP contribution in [0.2, 0.25) is 0 Å². The zero-order valence-corrected chi connectivity index (χ0v) is 14.1. The van der Waals surface area contributed by atoms with Gasteiger partial charge in [-0.2, -0.15) is 4.98 Å². The Morgan fingerprint density at radius 2 is 2.04 bits per heavy atom. The number of aromatic nitrogens is 4. The molecule has 0 radical (unpaired) electrons. The summed E-state index contributed by atoms with van der Waals surface area (Å²) in [6, 6.07) is 8.83. The van der Waals surface area contributed by atoms with Crippen LogP contribution in [0.25, 0.3) is 11.4 Å². The first-order valence-electron chi connectivity index (χ1n) is 7.84. The van der Waals surface area contributed by atoms with Gasteiger partial charge < -0.3 is 19.7 Å². The Hall–Kier alpha value is -3.00. The number of ether oxygens (including phenoxy) is 1. The number of aromatic hydroxyl groups is 1. The topological polar surface area (TPSA) is 106 Å². The van der Waals surface area contributed by atoms with Gasteiger partial charge >= 0.3 is 0 Å². The molecule has 1 aromatic carbocycles. The molecule has 0 saturated carbocycles. The molecule has 8 nitrogen and oxygen atoms in total. The molecular weight excluding hydrogens is 322 g/mol. The number of anilines is 1. The van der Waals surface area contributed by atoms with Crippen LogP contribution < -0.4 is 5.32 Å². The van der Waals surface area contributed by atoms with Gasteiger partial charge in [0.2, 0.25) is 5.89 Å². The molecule has 0 spiro atoms. The van der Waals surface area contributed by atoms with Crippen molar-refractivity contribution in [2.24, 2.45) is 0 Å². The summed E-state index contributed by atoms with van der Waals surface area (Å²) in [5.41, 5.74) is 1.39. The van der Waals surface area contributed by atoms with E-state index in [1.807, 2.05) is 19.1 Å². The third-order valence-corrected chi connectivity index (χ3v) is 3.43. The summed E-state index contributed by atoms with van der Waals surface area (Å²) in [5, 5.41) is 17.0. The predicted molar refractivity (Wildman–Crippen MR) is 91.1 cm³/mol. The first-order valence-corrected chi connectivity index (χ1v) is 7.84. The third-order valence-electron chi connectivity index (χ3n) is 3.43. The second kappa shape index (κ2) is 7.71. The number of hydrogen-bond donors (Lipinski definition) is 2. The van der Waals surface area contributed by atoms with Crippen LogP contribution in [0.1, 0.15) is 17.4 Å². The Kier molecular flexibility index (Phi) is 5.20. The second-order valence-corrected chi connectivity index (χ2v) is 5.45. The maximum absolute atomic E-state index is 9.98. The maximum atomic E-state index is 9.98. The fraction of sp³-hybridized carbons (Fsp3) is 0.294. The molecule has 0 aliphatic rings. The molecule has 0 atom stereocenters. The Bertz CT molecular complexity index is 850. The molecule has 8 heteroatoms. The Labute approximate surface area is 144 Å². The van der Waals surface area contributed by atoms with Gasteiger partial charge in [0.05, 0.1) is 5.56 Å². The van der Waals surface area contributed by atoms with Crippen LogP contribution in [0, 0.1) is 6.92 Å². The van der Waals surface area contributed by atoms with Crippen molar-refractivity contribution in [3.05, 3.63) is 47.7 Å². The van der Waals surface area contributed by atoms with E-state index in [2.05, 4.69) is 25.4 Å². The van der Waals surface area contributed by atoms with Crippen LogP contribution in [0.5, 0.6) is 5.75 Å². The van der Waals surface area contributed by atoms with Crippen molar-refractivity contribution in [1.82, 2.24) is 20.1 Å². The van der Waals surface area contributed by atoms with Gasteiger partial charge in [0, 0.05) is 31.8 Å². The second-order valence-electron chi connectivity index (χ2n) is 5.45. The number of methoxy groups -OCH3 is 1. The molecule has 130 valence electrons. The van der Waals surface area contributed by atoms with Crippen LogP contribution in [-0.4, -0.2) is 38.9 Å². The normalized spacial score (nSPS) is 10.8. The number of nitrogens with zero attached hydrogens (tertiary/aromatic N) is 4. The van der Waals surface area contributed by atoms with Gasteiger partial charge in [-0.15, -0.1) is 0 Å². The average Bonchev–Trinajstić information content (AvgIpc) is 3.03. The molecule has 0 saturated heterocycles.